The maximum absolute atomic E-state index is 9.66. The number of hydrogen-bond donors (Lipinski definition) is 2. The fourth-order valence-corrected chi connectivity index (χ4v) is 0.226. The average Bonchev–Trinajstić information content (AvgIpc) is 1.63. The summed E-state index contributed by atoms with van der Waals surface area (Å²) in [6.07, 6.45) is 0. The van der Waals surface area contributed by atoms with Crippen LogP contribution in [0.25, 0.3) is 0 Å². The first-order valence-corrected chi connectivity index (χ1v) is 2.14. The van der Waals surface area contributed by atoms with Gasteiger partial charge >= 0.3 is 11.9 Å². The van der Waals surface area contributed by atoms with E-state index in [1.807, 2.05) is 0 Å². The van der Waals surface area contributed by atoms with E-state index in [1.54, 1.807) is 0 Å². The Labute approximate surface area is 67.5 Å². The Morgan fingerprint density at radius 3 is 1.60 bits per heavy atom. The molecule has 0 fully saturated rings. The van der Waals surface area contributed by atoms with Crippen molar-refractivity contribution in [3.63, 3.8) is 0 Å². The number of hydrogen-bond acceptors (Lipinski definition) is 3. The van der Waals surface area contributed by atoms with E-state index in [9.17, 15) is 9.59 Å². The van der Waals surface area contributed by atoms with Crippen LogP contribution in [0.15, 0.2) is 0 Å². The maximum Gasteiger partial charge on any atom is 0.329 e. The number of ether oxygens (including phenoxy) is 1. The van der Waals surface area contributed by atoms with Crippen LogP contribution < -0.4 is 0 Å². The summed E-state index contributed by atoms with van der Waals surface area (Å²) >= 11 is 0. The molecule has 0 bridgehead atoms. The topological polar surface area (TPSA) is 83.8 Å². The van der Waals surface area contributed by atoms with Gasteiger partial charge in [0.2, 0.25) is 0 Å². The second-order valence-corrected chi connectivity index (χ2v) is 1.28. The molecule has 0 aliphatic heterocycles. The number of rotatable bonds is 4. The zero-order valence-corrected chi connectivity index (χ0v) is 5.78. The molecule has 0 atom stereocenters. The van der Waals surface area contributed by atoms with Crippen LogP contribution in [-0.2, 0) is 31.4 Å². The van der Waals surface area contributed by atoms with Crippen molar-refractivity contribution < 1.29 is 41.6 Å². The Kier molecular flexibility index (Phi) is 7.93. The third-order valence-electron chi connectivity index (χ3n) is 0.451. The number of carboxylic acids is 2. The molecule has 0 saturated heterocycles. The second kappa shape index (κ2) is 6.54. The molecule has 0 aromatic rings. The first-order valence-electron chi connectivity index (χ1n) is 2.14. The molecule has 0 rings (SSSR count). The Morgan fingerprint density at radius 2 is 1.40 bits per heavy atom. The minimum absolute atomic E-state index is 0. The summed E-state index contributed by atoms with van der Waals surface area (Å²) in [5, 5.41) is 15.8. The number of aliphatic carboxylic acids is 2. The van der Waals surface area contributed by atoms with Gasteiger partial charge in [0, 0.05) is 17.1 Å². The smallest absolute Gasteiger partial charge is 0.329 e. The van der Waals surface area contributed by atoms with E-state index in [-0.39, 0.29) is 17.1 Å². The van der Waals surface area contributed by atoms with Gasteiger partial charge in [-0.15, -0.1) is 0 Å². The third-order valence-corrected chi connectivity index (χ3v) is 0.451. The van der Waals surface area contributed by atoms with Gasteiger partial charge in [0.15, 0.2) is 0 Å². The quantitative estimate of drug-likeness (QED) is 0.575. The van der Waals surface area contributed by atoms with Crippen molar-refractivity contribution in [2.45, 2.75) is 0 Å². The molecule has 0 spiro atoms. The molecule has 10 heavy (non-hydrogen) atoms. The van der Waals surface area contributed by atoms with E-state index in [0.29, 0.717) is 0 Å². The normalized spacial score (nSPS) is 8.00. The molecule has 0 saturated carbocycles. The van der Waals surface area contributed by atoms with E-state index < -0.39 is 25.2 Å². The van der Waals surface area contributed by atoms with Crippen LogP contribution in [0.1, 0.15) is 0 Å². The van der Waals surface area contributed by atoms with Crippen molar-refractivity contribution in [2.24, 2.45) is 0 Å². The molecule has 0 heterocycles. The summed E-state index contributed by atoms with van der Waals surface area (Å²) in [7, 11) is 0. The van der Waals surface area contributed by atoms with Gasteiger partial charge < -0.3 is 14.9 Å². The third kappa shape index (κ3) is 10.4. The van der Waals surface area contributed by atoms with Crippen molar-refractivity contribution in [3.05, 3.63) is 0 Å². The van der Waals surface area contributed by atoms with E-state index in [4.69, 9.17) is 10.2 Å². The summed E-state index contributed by atoms with van der Waals surface area (Å²) in [5.41, 5.74) is 0. The summed E-state index contributed by atoms with van der Waals surface area (Å²) in [6.45, 7) is -1.13. The fraction of sp³-hybridized carbons (Fsp3) is 0.500. The zero-order valence-electron chi connectivity index (χ0n) is 4.83. The van der Waals surface area contributed by atoms with Crippen LogP contribution in [0.2, 0.25) is 0 Å². The summed E-state index contributed by atoms with van der Waals surface area (Å²) in [6, 6.07) is 0. The molecule has 0 aromatic carbocycles. The van der Waals surface area contributed by atoms with Crippen LogP contribution in [-0.4, -0.2) is 35.4 Å². The van der Waals surface area contributed by atoms with Gasteiger partial charge in [-0.1, -0.05) is 0 Å². The predicted molar refractivity (Wildman–Crippen MR) is 26.1 cm³/mol. The standard InChI is InChI=1S/C4H6O5.Cu/c5-3(6)1-9-2-4(7)8;/h1-2H2,(H,5,6)(H,7,8);. The summed E-state index contributed by atoms with van der Waals surface area (Å²) in [5.74, 6) is -2.34. The maximum atomic E-state index is 9.66. The van der Waals surface area contributed by atoms with Gasteiger partial charge in [0.05, 0.1) is 0 Å². The average molecular weight is 198 g/mol. The molecule has 0 unspecified atom stereocenters. The van der Waals surface area contributed by atoms with E-state index in [1.165, 1.54) is 0 Å². The Balaban J connectivity index is 0. The largest absolute Gasteiger partial charge is 0.480 e. The van der Waals surface area contributed by atoms with Crippen LogP contribution in [0, 0.1) is 0 Å². The van der Waals surface area contributed by atoms with Crippen LogP contribution in [0.4, 0.5) is 0 Å². The molecule has 2 N–H and O–H groups in total. The number of carboxylic acid groups (broad SMARTS) is 2. The first-order chi connectivity index (χ1) is 4.13. The van der Waals surface area contributed by atoms with Gasteiger partial charge in [-0.3, -0.25) is 0 Å². The molecule has 0 aliphatic rings. The van der Waals surface area contributed by atoms with Crippen molar-refractivity contribution in [3.8, 4) is 0 Å². The molecular weight excluding hydrogens is 192 g/mol. The summed E-state index contributed by atoms with van der Waals surface area (Å²) in [4.78, 5) is 19.3. The van der Waals surface area contributed by atoms with Gasteiger partial charge in [-0.25, -0.2) is 9.59 Å². The van der Waals surface area contributed by atoms with E-state index in [0.717, 1.165) is 0 Å². The zero-order chi connectivity index (χ0) is 7.28. The molecule has 0 amide bonds. The number of carbonyl (C=O) groups is 2. The van der Waals surface area contributed by atoms with Crippen molar-refractivity contribution >= 4 is 11.9 Å². The van der Waals surface area contributed by atoms with Crippen molar-refractivity contribution in [2.75, 3.05) is 13.2 Å². The molecule has 0 aliphatic carbocycles. The van der Waals surface area contributed by atoms with Crippen LogP contribution >= 0.6 is 0 Å². The second-order valence-electron chi connectivity index (χ2n) is 1.28. The van der Waals surface area contributed by atoms with Crippen molar-refractivity contribution in [1.82, 2.24) is 0 Å². The summed E-state index contributed by atoms with van der Waals surface area (Å²) < 4.78 is 4.16. The van der Waals surface area contributed by atoms with Crippen LogP contribution in [0.3, 0.4) is 0 Å². The van der Waals surface area contributed by atoms with Gasteiger partial charge in [-0.05, 0) is 0 Å². The van der Waals surface area contributed by atoms with E-state index in [2.05, 4.69) is 4.74 Å². The fourth-order valence-electron chi connectivity index (χ4n) is 0.226. The molecule has 0 aromatic heterocycles. The Hall–Kier alpha value is -0.581. The minimum Gasteiger partial charge on any atom is -0.480 e. The molecule has 63 valence electrons. The Bertz CT molecular complexity index is 109. The van der Waals surface area contributed by atoms with Crippen molar-refractivity contribution in [1.29, 1.82) is 0 Å². The van der Waals surface area contributed by atoms with E-state index >= 15 is 0 Å². The van der Waals surface area contributed by atoms with Gasteiger partial charge in [0.1, 0.15) is 13.2 Å². The Morgan fingerprint density at radius 1 is 1.10 bits per heavy atom. The molecule has 1 radical (unpaired) electrons. The first kappa shape index (κ1) is 12.1. The minimum atomic E-state index is -1.17. The molecular formula is C4H6CuO5. The monoisotopic (exact) mass is 197 g/mol. The SMILES string of the molecule is O=C(O)COCC(=O)O.[Cu]. The molecule has 6 heteroatoms. The molecule has 5 nitrogen and oxygen atoms in total. The predicted octanol–water partition coefficient (Wildman–Crippen LogP) is -0.830. The van der Waals surface area contributed by atoms with Gasteiger partial charge in [-0.2, -0.15) is 0 Å². The van der Waals surface area contributed by atoms with Crippen LogP contribution in [0.5, 0.6) is 0 Å². The van der Waals surface area contributed by atoms with Gasteiger partial charge in [0.25, 0.3) is 0 Å².